The maximum Gasteiger partial charge on any atom is 0.315 e. The normalized spacial score (nSPS) is 15.7. The zero-order valence-corrected chi connectivity index (χ0v) is 47.8. The molecule has 3 atom stereocenters. The fourth-order valence-electron chi connectivity index (χ4n) is 7.42. The van der Waals surface area contributed by atoms with Crippen molar-refractivity contribution in [3.8, 4) is 0 Å². The van der Waals surface area contributed by atoms with Crippen LogP contribution in [0.4, 0.5) is 4.79 Å². The molecular weight excluding hydrogens is 1070 g/mol. The smallest absolute Gasteiger partial charge is 0.315 e. The van der Waals surface area contributed by atoms with E-state index >= 15 is 0 Å². The summed E-state index contributed by atoms with van der Waals surface area (Å²) in [5.41, 5.74) is -0.337. The number of unbranched alkanes of at least 4 members (excludes halogenated alkanes) is 1. The van der Waals surface area contributed by atoms with Crippen molar-refractivity contribution in [2.24, 2.45) is 0 Å². The summed E-state index contributed by atoms with van der Waals surface area (Å²) in [5, 5.41) is 14.8. The van der Waals surface area contributed by atoms with E-state index in [0.29, 0.717) is 242 Å². The Morgan fingerprint density at radius 2 is 0.825 bits per heavy atom. The van der Waals surface area contributed by atoms with E-state index < -0.39 is 11.5 Å². The number of amides is 5. The molecule has 6 N–H and O–H groups in total. The first kappa shape index (κ1) is 70.6. The van der Waals surface area contributed by atoms with E-state index in [1.807, 2.05) is 11.8 Å². The highest BCUT2D eigenvalue weighted by Crippen LogP contribution is 2.33. The van der Waals surface area contributed by atoms with Crippen LogP contribution in [0.5, 0.6) is 0 Å². The van der Waals surface area contributed by atoms with Gasteiger partial charge >= 0.3 is 6.03 Å². The third-order valence-corrected chi connectivity index (χ3v) is 13.1. The SMILES string of the molecule is O=C(CCCCC1SCC2NC(=O)NC21)NCCOCCOCCOCCOCCOCCOCCOCCOCCOCCOCCOCCOCCC(=O)NCCCOCCOCCOCCCNC(=O)c1ccc[nH]c1=O. The number of urea groups is 1. The van der Waals surface area contributed by atoms with Crippen LogP contribution in [-0.4, -0.2) is 270 Å². The van der Waals surface area contributed by atoms with Crippen molar-refractivity contribution in [1.82, 2.24) is 31.6 Å². The predicted molar refractivity (Wildman–Crippen MR) is 296 cm³/mol. The van der Waals surface area contributed by atoms with Gasteiger partial charge < -0.3 is 103 Å². The fraction of sp³-hybridized carbons (Fsp3) is 0.830. The Morgan fingerprint density at radius 1 is 0.438 bits per heavy atom. The van der Waals surface area contributed by atoms with Gasteiger partial charge in [-0.25, -0.2) is 4.79 Å². The maximum atomic E-state index is 12.1. The Kier molecular flexibility index (Phi) is 46.1. The second kappa shape index (κ2) is 52.2. The van der Waals surface area contributed by atoms with E-state index in [4.69, 9.17) is 71.1 Å². The summed E-state index contributed by atoms with van der Waals surface area (Å²) < 4.78 is 82.6. The number of hydrogen-bond donors (Lipinski definition) is 6. The number of carbonyl (C=O) groups is 4. The van der Waals surface area contributed by atoms with Crippen molar-refractivity contribution in [2.45, 2.75) is 62.3 Å². The summed E-state index contributed by atoms with van der Waals surface area (Å²) in [4.78, 5) is 61.6. The quantitative estimate of drug-likeness (QED) is 0.0382. The summed E-state index contributed by atoms with van der Waals surface area (Å²) in [5.74, 6) is 0.496. The molecule has 0 spiro atoms. The van der Waals surface area contributed by atoms with Gasteiger partial charge in [0.25, 0.3) is 11.5 Å². The molecule has 1 aromatic heterocycles. The Labute approximate surface area is 476 Å². The number of fused-ring (bicyclic) bond motifs is 1. The van der Waals surface area contributed by atoms with Crippen LogP contribution in [0.1, 0.15) is 55.3 Å². The molecular formula is C53H94N6O20S. The third-order valence-electron chi connectivity index (χ3n) is 11.6. The van der Waals surface area contributed by atoms with Gasteiger partial charge in [-0.1, -0.05) is 6.42 Å². The first-order chi connectivity index (χ1) is 39.4. The van der Waals surface area contributed by atoms with Crippen LogP contribution in [0.25, 0.3) is 0 Å². The number of aromatic amines is 1. The molecule has 1 aromatic rings. The molecule has 0 radical (unpaired) electrons. The molecule has 27 heteroatoms. The van der Waals surface area contributed by atoms with Gasteiger partial charge in [-0.2, -0.15) is 11.8 Å². The van der Waals surface area contributed by atoms with Crippen LogP contribution in [0.15, 0.2) is 23.1 Å². The molecule has 26 nitrogen and oxygen atoms in total. The van der Waals surface area contributed by atoms with E-state index in [1.54, 1.807) is 6.07 Å². The van der Waals surface area contributed by atoms with Gasteiger partial charge in [-0.3, -0.25) is 19.2 Å². The lowest BCUT2D eigenvalue weighted by atomic mass is 10.0. The molecule has 0 aliphatic carbocycles. The summed E-state index contributed by atoms with van der Waals surface area (Å²) in [7, 11) is 0. The molecule has 0 bridgehead atoms. The molecule has 3 rings (SSSR count). The predicted octanol–water partition coefficient (Wildman–Crippen LogP) is 0.482. The van der Waals surface area contributed by atoms with Gasteiger partial charge in [0.15, 0.2) is 0 Å². The molecule has 3 heterocycles. The number of aromatic nitrogens is 1. The van der Waals surface area contributed by atoms with Crippen LogP contribution in [-0.2, 0) is 80.6 Å². The van der Waals surface area contributed by atoms with Crippen molar-refractivity contribution >= 4 is 35.5 Å². The van der Waals surface area contributed by atoms with Gasteiger partial charge in [0.05, 0.1) is 197 Å². The van der Waals surface area contributed by atoms with E-state index in [-0.39, 0.29) is 41.9 Å². The average molecular weight is 1170 g/mol. The fourth-order valence-corrected chi connectivity index (χ4v) is 8.96. The molecule has 462 valence electrons. The van der Waals surface area contributed by atoms with Crippen LogP contribution in [0.2, 0.25) is 0 Å². The Bertz CT molecular complexity index is 1730. The summed E-state index contributed by atoms with van der Waals surface area (Å²) in [6, 6.07) is 3.46. The van der Waals surface area contributed by atoms with Gasteiger partial charge in [0.2, 0.25) is 11.8 Å². The topological polar surface area (TPSA) is 300 Å². The van der Waals surface area contributed by atoms with Crippen molar-refractivity contribution in [3.05, 3.63) is 34.2 Å². The molecule has 5 amide bonds. The summed E-state index contributed by atoms with van der Waals surface area (Å²) in [6.07, 6.45) is 6.35. The number of hydrogen-bond acceptors (Lipinski definition) is 21. The number of carbonyl (C=O) groups excluding carboxylic acids is 4. The Hall–Kier alpha value is -3.62. The molecule has 0 aromatic carbocycles. The second-order valence-electron chi connectivity index (χ2n) is 17.9. The van der Waals surface area contributed by atoms with Gasteiger partial charge in [0.1, 0.15) is 5.56 Å². The third kappa shape index (κ3) is 40.6. The lowest BCUT2D eigenvalue weighted by molar-refractivity contribution is -0.122. The number of rotatable bonds is 59. The van der Waals surface area contributed by atoms with E-state index in [1.165, 1.54) is 12.3 Å². The molecule has 80 heavy (non-hydrogen) atoms. The first-order valence-electron chi connectivity index (χ1n) is 28.3. The van der Waals surface area contributed by atoms with Crippen LogP contribution in [0, 0.1) is 0 Å². The largest absolute Gasteiger partial charge is 0.379 e. The van der Waals surface area contributed by atoms with Crippen molar-refractivity contribution in [2.75, 3.05) is 224 Å². The molecule has 2 aliphatic heterocycles. The number of nitrogens with one attached hydrogen (secondary N) is 6. The molecule has 3 unspecified atom stereocenters. The monoisotopic (exact) mass is 1170 g/mol. The lowest BCUT2D eigenvalue weighted by Crippen LogP contribution is -2.36. The van der Waals surface area contributed by atoms with Crippen LogP contribution >= 0.6 is 11.8 Å². The highest BCUT2D eigenvalue weighted by Gasteiger charge is 2.42. The highest BCUT2D eigenvalue weighted by atomic mass is 32.2. The molecule has 2 aliphatic rings. The highest BCUT2D eigenvalue weighted by molar-refractivity contribution is 8.00. The Balaban J connectivity index is 0.867. The van der Waals surface area contributed by atoms with Gasteiger partial charge in [-0.05, 0) is 37.8 Å². The maximum absolute atomic E-state index is 12.1. The van der Waals surface area contributed by atoms with Crippen molar-refractivity contribution in [3.63, 3.8) is 0 Å². The van der Waals surface area contributed by atoms with Crippen LogP contribution in [0.3, 0.4) is 0 Å². The minimum absolute atomic E-state index is 0.0349. The number of thioether (sulfide) groups is 1. The average Bonchev–Trinajstić information content (AvgIpc) is 4.02. The lowest BCUT2D eigenvalue weighted by Gasteiger charge is -2.16. The van der Waals surface area contributed by atoms with Gasteiger partial charge in [0, 0.05) is 62.9 Å². The zero-order chi connectivity index (χ0) is 56.9. The summed E-state index contributed by atoms with van der Waals surface area (Å²) >= 11 is 1.90. The standard InChI is InChI=1S/C53H94N6O20S/c60-48(8-2-1-7-47-50-46(44-80-47)58-53(64)59-50)55-13-17-68-21-25-71-27-29-73-31-33-75-35-37-77-39-41-79-43-42-78-40-38-76-36-34-74-32-30-72-28-26-70-24-20-67-16-9-49(61)54-11-4-14-65-18-22-69-23-19-66-15-5-12-57-52(63)45-6-3-10-56-51(45)62/h3,6,10,46-47,50H,1-2,4-5,7-9,11-44H2,(H,54,61)(H,55,60)(H,56,62)(H,57,63)(H2,58,59,64). The molecule has 2 fully saturated rings. The van der Waals surface area contributed by atoms with Crippen LogP contribution < -0.4 is 32.1 Å². The summed E-state index contributed by atoms with van der Waals surface area (Å²) in [6.45, 7) is 14.9. The minimum Gasteiger partial charge on any atom is -0.379 e. The molecule has 0 saturated carbocycles. The van der Waals surface area contributed by atoms with Crippen molar-refractivity contribution in [1.29, 1.82) is 0 Å². The number of pyridine rings is 1. The van der Waals surface area contributed by atoms with E-state index in [0.717, 1.165) is 25.0 Å². The number of ether oxygens (including phenoxy) is 15. The second-order valence-corrected chi connectivity index (χ2v) is 19.2. The minimum atomic E-state index is -0.420. The molecule has 2 saturated heterocycles. The number of H-pyrrole nitrogens is 1. The Morgan fingerprint density at radius 3 is 1.27 bits per heavy atom. The zero-order valence-electron chi connectivity index (χ0n) is 47.0. The van der Waals surface area contributed by atoms with Gasteiger partial charge in [-0.15, -0.1) is 0 Å². The van der Waals surface area contributed by atoms with E-state index in [2.05, 4.69) is 31.6 Å². The van der Waals surface area contributed by atoms with E-state index in [9.17, 15) is 24.0 Å². The van der Waals surface area contributed by atoms with Crippen molar-refractivity contribution < 1.29 is 90.2 Å². The first-order valence-corrected chi connectivity index (χ1v) is 29.3.